The summed E-state index contributed by atoms with van der Waals surface area (Å²) in [6.07, 6.45) is 0.537. The van der Waals surface area contributed by atoms with Crippen LogP contribution in [0.2, 0.25) is 0 Å². The van der Waals surface area contributed by atoms with Crippen molar-refractivity contribution in [3.63, 3.8) is 0 Å². The van der Waals surface area contributed by atoms with Crippen molar-refractivity contribution < 1.29 is 23.5 Å². The lowest BCUT2D eigenvalue weighted by Crippen LogP contribution is -2.30. The van der Waals surface area contributed by atoms with Crippen LogP contribution in [0.15, 0.2) is 24.3 Å². The van der Waals surface area contributed by atoms with Gasteiger partial charge in [-0.3, -0.25) is 9.59 Å². The van der Waals surface area contributed by atoms with Crippen LogP contribution in [0.5, 0.6) is 0 Å². The van der Waals surface area contributed by atoms with Crippen LogP contribution in [-0.4, -0.2) is 30.9 Å². The number of carbonyl (C=O) groups excluding carboxylic acids is 3. The molecule has 0 unspecified atom stereocenters. The number of carbonyl (C=O) groups is 3. The van der Waals surface area contributed by atoms with E-state index in [1.807, 2.05) is 6.92 Å². The molecule has 1 aromatic carbocycles. The van der Waals surface area contributed by atoms with E-state index in [1.165, 1.54) is 30.4 Å². The second kappa shape index (κ2) is 9.27. The summed E-state index contributed by atoms with van der Waals surface area (Å²) in [5.74, 6) is -1.69. The number of amides is 2. The summed E-state index contributed by atoms with van der Waals surface area (Å²) in [5.41, 5.74) is 1.87. The number of benzene rings is 1. The Morgan fingerprint density at radius 2 is 1.81 bits per heavy atom. The lowest BCUT2D eigenvalue weighted by molar-refractivity contribution is -0.124. The summed E-state index contributed by atoms with van der Waals surface area (Å²) in [6.45, 7) is 4.88. The quantitative estimate of drug-likeness (QED) is 0.710. The first-order valence-electron chi connectivity index (χ1n) is 8.33. The predicted octanol–water partition coefficient (Wildman–Crippen LogP) is 2.98. The Morgan fingerprint density at radius 1 is 1.15 bits per heavy atom. The highest BCUT2D eigenvalue weighted by Crippen LogP contribution is 2.32. The highest BCUT2D eigenvalue weighted by molar-refractivity contribution is 7.16. The Balaban J connectivity index is 1.85. The number of esters is 1. The molecule has 0 aliphatic heterocycles. The van der Waals surface area contributed by atoms with E-state index in [0.29, 0.717) is 23.5 Å². The molecule has 0 saturated carbocycles. The molecule has 0 fully saturated rings. The zero-order valence-corrected chi connectivity index (χ0v) is 16.2. The van der Waals surface area contributed by atoms with Crippen LogP contribution in [0.3, 0.4) is 0 Å². The van der Waals surface area contributed by atoms with Crippen molar-refractivity contribution in [1.82, 2.24) is 5.32 Å². The van der Waals surface area contributed by atoms with Crippen LogP contribution in [0, 0.1) is 19.7 Å². The summed E-state index contributed by atoms with van der Waals surface area (Å²) in [4.78, 5) is 36.4. The van der Waals surface area contributed by atoms with E-state index in [9.17, 15) is 18.8 Å². The fourth-order valence-electron chi connectivity index (χ4n) is 2.37. The zero-order valence-electron chi connectivity index (χ0n) is 15.3. The fraction of sp³-hybridized carbons (Fsp3) is 0.316. The molecule has 0 aliphatic carbocycles. The molecule has 0 spiro atoms. The average molecular weight is 392 g/mol. The lowest BCUT2D eigenvalue weighted by Gasteiger charge is -2.08. The summed E-state index contributed by atoms with van der Waals surface area (Å²) < 4.78 is 17.9. The number of anilines is 1. The number of hydrogen-bond donors (Lipinski definition) is 2. The van der Waals surface area contributed by atoms with Gasteiger partial charge in [-0.15, -0.1) is 11.3 Å². The van der Waals surface area contributed by atoms with E-state index >= 15 is 0 Å². The van der Waals surface area contributed by atoms with Crippen molar-refractivity contribution in [2.75, 3.05) is 18.5 Å². The lowest BCUT2D eigenvalue weighted by atomic mass is 10.1. The first-order valence-corrected chi connectivity index (χ1v) is 9.15. The van der Waals surface area contributed by atoms with Gasteiger partial charge in [0.1, 0.15) is 10.8 Å². The molecule has 144 valence electrons. The molecule has 2 N–H and O–H groups in total. The van der Waals surface area contributed by atoms with Gasteiger partial charge in [0, 0.05) is 18.3 Å². The first kappa shape index (κ1) is 20.6. The molecule has 0 atom stereocenters. The van der Waals surface area contributed by atoms with E-state index < -0.39 is 18.5 Å². The highest BCUT2D eigenvalue weighted by atomic mass is 32.1. The van der Waals surface area contributed by atoms with E-state index in [4.69, 9.17) is 4.74 Å². The molecule has 6 nitrogen and oxygen atoms in total. The number of halogens is 1. The molecule has 2 aromatic rings. The smallest absolute Gasteiger partial charge is 0.341 e. The largest absolute Gasteiger partial charge is 0.452 e. The fourth-order valence-corrected chi connectivity index (χ4v) is 3.47. The Bertz CT molecular complexity index is 846. The Morgan fingerprint density at radius 3 is 2.44 bits per heavy atom. The van der Waals surface area contributed by atoms with Crippen molar-refractivity contribution in [3.8, 4) is 0 Å². The maximum atomic E-state index is 12.8. The highest BCUT2D eigenvalue weighted by Gasteiger charge is 2.22. The van der Waals surface area contributed by atoms with Gasteiger partial charge >= 0.3 is 5.97 Å². The number of hydrogen-bond acceptors (Lipinski definition) is 5. The monoisotopic (exact) mass is 392 g/mol. The molecule has 0 radical (unpaired) electrons. The van der Waals surface area contributed by atoms with Gasteiger partial charge in [-0.1, -0.05) is 12.1 Å². The number of aryl methyl sites for hydroxylation is 1. The van der Waals surface area contributed by atoms with E-state index in [-0.39, 0.29) is 17.3 Å². The minimum atomic E-state index is -0.658. The molecule has 0 saturated heterocycles. The SMILES string of the molecule is CC(=O)Nc1sc(C)c(C)c1C(=O)OCC(=O)NCCc1ccc(F)cc1. The Hall–Kier alpha value is -2.74. The van der Waals surface area contributed by atoms with E-state index in [2.05, 4.69) is 10.6 Å². The molecular formula is C19H21FN2O4S. The third-order valence-electron chi connectivity index (χ3n) is 3.86. The summed E-state index contributed by atoms with van der Waals surface area (Å²) in [5, 5.41) is 5.67. The van der Waals surface area contributed by atoms with Gasteiger partial charge in [0.15, 0.2) is 6.61 Å². The first-order chi connectivity index (χ1) is 12.8. The molecule has 2 amide bonds. The Kier molecular flexibility index (Phi) is 7.06. The molecule has 0 aliphatic rings. The van der Waals surface area contributed by atoms with Crippen molar-refractivity contribution in [2.24, 2.45) is 0 Å². The van der Waals surface area contributed by atoms with Gasteiger partial charge in [0.25, 0.3) is 5.91 Å². The average Bonchev–Trinajstić information content (AvgIpc) is 2.87. The van der Waals surface area contributed by atoms with Crippen LogP contribution in [0.25, 0.3) is 0 Å². The molecule has 2 rings (SSSR count). The van der Waals surface area contributed by atoms with Crippen molar-refractivity contribution in [2.45, 2.75) is 27.2 Å². The van der Waals surface area contributed by atoms with Gasteiger partial charge in [-0.05, 0) is 43.5 Å². The van der Waals surface area contributed by atoms with Crippen molar-refractivity contribution in [3.05, 3.63) is 51.7 Å². The molecular weight excluding hydrogens is 371 g/mol. The van der Waals surface area contributed by atoms with Crippen LogP contribution in [-0.2, 0) is 20.7 Å². The maximum Gasteiger partial charge on any atom is 0.341 e. The molecule has 1 heterocycles. The van der Waals surface area contributed by atoms with Crippen LogP contribution >= 0.6 is 11.3 Å². The van der Waals surface area contributed by atoms with Crippen LogP contribution in [0.4, 0.5) is 9.39 Å². The summed E-state index contributed by atoms with van der Waals surface area (Å²) >= 11 is 1.28. The molecule has 27 heavy (non-hydrogen) atoms. The predicted molar refractivity (Wildman–Crippen MR) is 101 cm³/mol. The normalized spacial score (nSPS) is 10.4. The van der Waals surface area contributed by atoms with E-state index in [1.54, 1.807) is 19.1 Å². The third-order valence-corrected chi connectivity index (χ3v) is 4.99. The van der Waals surface area contributed by atoms with Crippen LogP contribution < -0.4 is 10.6 Å². The molecule has 8 heteroatoms. The van der Waals surface area contributed by atoms with Gasteiger partial charge < -0.3 is 15.4 Å². The standard InChI is InChI=1S/C19H21FN2O4S/c1-11-12(2)27-18(22-13(3)23)17(11)19(25)26-10-16(24)21-9-8-14-4-6-15(20)7-5-14/h4-7H,8-10H2,1-3H3,(H,21,24)(H,22,23). The topological polar surface area (TPSA) is 84.5 Å². The summed E-state index contributed by atoms with van der Waals surface area (Å²) in [6, 6.07) is 6.01. The Labute approximate surface area is 160 Å². The van der Waals surface area contributed by atoms with Gasteiger partial charge in [-0.2, -0.15) is 0 Å². The minimum Gasteiger partial charge on any atom is -0.452 e. The number of nitrogens with one attached hydrogen (secondary N) is 2. The summed E-state index contributed by atoms with van der Waals surface area (Å²) in [7, 11) is 0. The van der Waals surface area contributed by atoms with Crippen molar-refractivity contribution in [1.29, 1.82) is 0 Å². The number of ether oxygens (including phenoxy) is 1. The second-order valence-corrected chi connectivity index (χ2v) is 7.20. The third kappa shape index (κ3) is 5.89. The van der Waals surface area contributed by atoms with Crippen LogP contribution in [0.1, 0.15) is 33.3 Å². The minimum absolute atomic E-state index is 0.270. The zero-order chi connectivity index (χ0) is 20.0. The van der Waals surface area contributed by atoms with E-state index in [0.717, 1.165) is 10.4 Å². The number of rotatable bonds is 7. The maximum absolute atomic E-state index is 12.8. The number of thiophene rings is 1. The van der Waals surface area contributed by atoms with Gasteiger partial charge in [0.05, 0.1) is 5.56 Å². The van der Waals surface area contributed by atoms with Crippen molar-refractivity contribution >= 4 is 34.1 Å². The molecule has 0 bridgehead atoms. The molecule has 1 aromatic heterocycles. The van der Waals surface area contributed by atoms with Gasteiger partial charge in [-0.25, -0.2) is 9.18 Å². The second-order valence-electron chi connectivity index (χ2n) is 5.97. The van der Waals surface area contributed by atoms with Gasteiger partial charge in [0.2, 0.25) is 5.91 Å².